The first-order valence-electron chi connectivity index (χ1n) is 7.05. The molecule has 0 aromatic carbocycles. The molecule has 2 fully saturated rings. The van der Waals surface area contributed by atoms with Gasteiger partial charge in [-0.05, 0) is 37.5 Å². The highest BCUT2D eigenvalue weighted by Crippen LogP contribution is 2.32. The summed E-state index contributed by atoms with van der Waals surface area (Å²) >= 11 is 0. The molecule has 1 aliphatic heterocycles. The molecule has 0 aromatic rings. The number of nitrogens with one attached hydrogen (secondary N) is 1. The van der Waals surface area contributed by atoms with Crippen LogP contribution < -0.4 is 5.32 Å². The van der Waals surface area contributed by atoms with Crippen LogP contribution in [0.5, 0.6) is 0 Å². The SMILES string of the molecule is CC1CCC(CN2C(=O)C(C)NC2C(C)C)C1. The molecule has 0 bridgehead atoms. The van der Waals surface area contributed by atoms with E-state index in [4.69, 9.17) is 0 Å². The average Bonchev–Trinajstić information content (AvgIpc) is 2.77. The summed E-state index contributed by atoms with van der Waals surface area (Å²) in [6.07, 6.45) is 4.17. The fourth-order valence-corrected chi connectivity index (χ4v) is 3.33. The first kappa shape index (κ1) is 12.9. The van der Waals surface area contributed by atoms with Crippen LogP contribution in [0, 0.1) is 17.8 Å². The quantitative estimate of drug-likeness (QED) is 0.817. The second-order valence-corrected chi connectivity index (χ2v) is 6.35. The summed E-state index contributed by atoms with van der Waals surface area (Å²) < 4.78 is 0. The molecule has 4 unspecified atom stereocenters. The van der Waals surface area contributed by atoms with Crippen LogP contribution in [0.3, 0.4) is 0 Å². The molecular formula is C14H26N2O. The Morgan fingerprint density at radius 2 is 2.06 bits per heavy atom. The minimum atomic E-state index is 0.00114. The van der Waals surface area contributed by atoms with Crippen LogP contribution in [-0.2, 0) is 4.79 Å². The smallest absolute Gasteiger partial charge is 0.240 e. The van der Waals surface area contributed by atoms with Gasteiger partial charge in [0.1, 0.15) is 0 Å². The van der Waals surface area contributed by atoms with Crippen molar-refractivity contribution in [3.8, 4) is 0 Å². The Balaban J connectivity index is 1.99. The monoisotopic (exact) mass is 238 g/mol. The van der Waals surface area contributed by atoms with E-state index in [1.54, 1.807) is 0 Å². The van der Waals surface area contributed by atoms with Crippen molar-refractivity contribution in [2.24, 2.45) is 17.8 Å². The van der Waals surface area contributed by atoms with Gasteiger partial charge in [-0.15, -0.1) is 0 Å². The summed E-state index contributed by atoms with van der Waals surface area (Å²) in [4.78, 5) is 14.2. The van der Waals surface area contributed by atoms with Gasteiger partial charge in [0.15, 0.2) is 0 Å². The van der Waals surface area contributed by atoms with Gasteiger partial charge in [-0.3, -0.25) is 10.1 Å². The molecule has 2 rings (SSSR count). The highest BCUT2D eigenvalue weighted by molar-refractivity contribution is 5.83. The predicted molar refractivity (Wildman–Crippen MR) is 69.4 cm³/mol. The Hall–Kier alpha value is -0.570. The Bertz CT molecular complexity index is 290. The van der Waals surface area contributed by atoms with Gasteiger partial charge in [0.2, 0.25) is 5.91 Å². The first-order valence-corrected chi connectivity index (χ1v) is 7.05. The maximum absolute atomic E-state index is 12.2. The van der Waals surface area contributed by atoms with Gasteiger partial charge in [0.25, 0.3) is 0 Å². The molecule has 1 saturated carbocycles. The summed E-state index contributed by atoms with van der Waals surface area (Å²) in [5, 5.41) is 3.41. The van der Waals surface area contributed by atoms with Crippen molar-refractivity contribution in [2.75, 3.05) is 6.54 Å². The third-order valence-corrected chi connectivity index (χ3v) is 4.30. The zero-order chi connectivity index (χ0) is 12.6. The summed E-state index contributed by atoms with van der Waals surface area (Å²) in [7, 11) is 0. The number of rotatable bonds is 3. The summed E-state index contributed by atoms with van der Waals surface area (Å²) in [6.45, 7) is 9.64. The Morgan fingerprint density at radius 3 is 2.59 bits per heavy atom. The van der Waals surface area contributed by atoms with Crippen LogP contribution in [0.2, 0.25) is 0 Å². The average molecular weight is 238 g/mol. The lowest BCUT2D eigenvalue weighted by Gasteiger charge is -2.29. The van der Waals surface area contributed by atoms with Crippen molar-refractivity contribution in [2.45, 2.75) is 59.2 Å². The van der Waals surface area contributed by atoms with E-state index < -0.39 is 0 Å². The predicted octanol–water partition coefficient (Wildman–Crippen LogP) is 2.22. The zero-order valence-electron chi connectivity index (χ0n) is 11.6. The van der Waals surface area contributed by atoms with Crippen molar-refractivity contribution in [1.29, 1.82) is 0 Å². The molecule has 2 aliphatic rings. The van der Waals surface area contributed by atoms with Crippen molar-refractivity contribution in [3.05, 3.63) is 0 Å². The van der Waals surface area contributed by atoms with E-state index in [2.05, 4.69) is 31.0 Å². The molecule has 1 N–H and O–H groups in total. The second kappa shape index (κ2) is 4.97. The third-order valence-electron chi connectivity index (χ3n) is 4.30. The van der Waals surface area contributed by atoms with E-state index >= 15 is 0 Å². The lowest BCUT2D eigenvalue weighted by molar-refractivity contribution is -0.130. The minimum absolute atomic E-state index is 0.00114. The second-order valence-electron chi connectivity index (χ2n) is 6.35. The molecule has 1 saturated heterocycles. The molecule has 17 heavy (non-hydrogen) atoms. The van der Waals surface area contributed by atoms with Gasteiger partial charge in [-0.25, -0.2) is 0 Å². The Labute approximate surface area is 105 Å². The van der Waals surface area contributed by atoms with Gasteiger partial charge in [0, 0.05) is 6.54 Å². The number of hydrogen-bond donors (Lipinski definition) is 1. The number of amides is 1. The van der Waals surface area contributed by atoms with Crippen LogP contribution in [0.4, 0.5) is 0 Å². The molecule has 98 valence electrons. The maximum Gasteiger partial charge on any atom is 0.240 e. The fraction of sp³-hybridized carbons (Fsp3) is 0.929. The highest BCUT2D eigenvalue weighted by atomic mass is 16.2. The summed E-state index contributed by atoms with van der Waals surface area (Å²) in [5.74, 6) is 2.36. The van der Waals surface area contributed by atoms with Crippen molar-refractivity contribution in [3.63, 3.8) is 0 Å². The van der Waals surface area contributed by atoms with E-state index in [1.807, 2.05) is 6.92 Å². The minimum Gasteiger partial charge on any atom is -0.325 e. The number of hydrogen-bond acceptors (Lipinski definition) is 2. The van der Waals surface area contributed by atoms with E-state index in [0.717, 1.165) is 18.4 Å². The summed E-state index contributed by atoms with van der Waals surface area (Å²) in [6, 6.07) is 0.00114. The molecular weight excluding hydrogens is 212 g/mol. The number of carbonyl (C=O) groups excluding carboxylic acids is 1. The summed E-state index contributed by atoms with van der Waals surface area (Å²) in [5.41, 5.74) is 0. The van der Waals surface area contributed by atoms with Crippen LogP contribution in [0.15, 0.2) is 0 Å². The van der Waals surface area contributed by atoms with Gasteiger partial charge in [-0.1, -0.05) is 27.2 Å². The first-order chi connectivity index (χ1) is 7.99. The van der Waals surface area contributed by atoms with Crippen molar-refractivity contribution >= 4 is 5.91 Å². The largest absolute Gasteiger partial charge is 0.325 e. The maximum atomic E-state index is 12.2. The van der Waals surface area contributed by atoms with Crippen LogP contribution in [-0.4, -0.2) is 29.6 Å². The Kier molecular flexibility index (Phi) is 3.76. The molecule has 0 aromatic heterocycles. The molecule has 3 heteroatoms. The molecule has 1 aliphatic carbocycles. The highest BCUT2D eigenvalue weighted by Gasteiger charge is 2.39. The van der Waals surface area contributed by atoms with Gasteiger partial charge >= 0.3 is 0 Å². The lowest BCUT2D eigenvalue weighted by atomic mass is 10.0. The van der Waals surface area contributed by atoms with E-state index in [-0.39, 0.29) is 12.2 Å². The number of carbonyl (C=O) groups is 1. The molecule has 0 spiro atoms. The van der Waals surface area contributed by atoms with Gasteiger partial charge in [0.05, 0.1) is 12.2 Å². The van der Waals surface area contributed by atoms with E-state index in [0.29, 0.717) is 11.8 Å². The van der Waals surface area contributed by atoms with Crippen LogP contribution in [0.25, 0.3) is 0 Å². The van der Waals surface area contributed by atoms with Crippen molar-refractivity contribution < 1.29 is 4.79 Å². The molecule has 3 nitrogen and oxygen atoms in total. The van der Waals surface area contributed by atoms with Crippen LogP contribution >= 0.6 is 0 Å². The van der Waals surface area contributed by atoms with Crippen molar-refractivity contribution in [1.82, 2.24) is 10.2 Å². The van der Waals surface area contributed by atoms with Crippen LogP contribution in [0.1, 0.15) is 47.0 Å². The molecule has 4 atom stereocenters. The van der Waals surface area contributed by atoms with E-state index in [9.17, 15) is 4.79 Å². The lowest BCUT2D eigenvalue weighted by Crippen LogP contribution is -2.43. The van der Waals surface area contributed by atoms with Gasteiger partial charge in [-0.2, -0.15) is 0 Å². The van der Waals surface area contributed by atoms with Gasteiger partial charge < -0.3 is 4.90 Å². The van der Waals surface area contributed by atoms with E-state index in [1.165, 1.54) is 19.3 Å². The molecule has 1 amide bonds. The fourth-order valence-electron chi connectivity index (χ4n) is 3.33. The molecule has 1 heterocycles. The Morgan fingerprint density at radius 1 is 1.35 bits per heavy atom. The number of nitrogens with zero attached hydrogens (tertiary/aromatic N) is 1. The normalized spacial score (nSPS) is 38.4. The molecule has 0 radical (unpaired) electrons. The zero-order valence-corrected chi connectivity index (χ0v) is 11.6. The topological polar surface area (TPSA) is 32.3 Å². The third kappa shape index (κ3) is 2.65. The standard InChI is InChI=1S/C14H26N2O/c1-9(2)13-15-11(4)14(17)16(13)8-12-6-5-10(3)7-12/h9-13,15H,5-8H2,1-4H3.